The van der Waals surface area contributed by atoms with Crippen LogP contribution in [0.5, 0.6) is 0 Å². The molecular formula is C13H24N4. The summed E-state index contributed by atoms with van der Waals surface area (Å²) in [4.78, 5) is 2.39. The zero-order valence-corrected chi connectivity index (χ0v) is 11.6. The fourth-order valence-corrected chi connectivity index (χ4v) is 2.60. The van der Waals surface area contributed by atoms with Crippen LogP contribution in [0, 0.1) is 12.8 Å². The van der Waals surface area contributed by atoms with E-state index < -0.39 is 0 Å². The molecule has 0 spiro atoms. The van der Waals surface area contributed by atoms with Crippen LogP contribution in [-0.4, -0.2) is 29.9 Å². The van der Waals surface area contributed by atoms with Crippen molar-refractivity contribution in [3.63, 3.8) is 0 Å². The van der Waals surface area contributed by atoms with Crippen LogP contribution in [0.15, 0.2) is 0 Å². The van der Waals surface area contributed by atoms with Gasteiger partial charge in [-0.1, -0.05) is 0 Å². The Balaban J connectivity index is 2.28. The van der Waals surface area contributed by atoms with Gasteiger partial charge in [-0.25, -0.2) is 0 Å². The molecule has 2 rings (SSSR count). The minimum atomic E-state index is 0.611. The molecule has 1 unspecified atom stereocenters. The summed E-state index contributed by atoms with van der Waals surface area (Å²) in [5.41, 5.74) is 2.46. The fourth-order valence-electron chi connectivity index (χ4n) is 2.60. The molecule has 0 aromatic carbocycles. The average Bonchev–Trinajstić information content (AvgIpc) is 3.07. The predicted molar refractivity (Wildman–Crippen MR) is 71.3 cm³/mol. The highest BCUT2D eigenvalue weighted by atomic mass is 15.4. The topological polar surface area (TPSA) is 33.1 Å². The third-order valence-corrected chi connectivity index (χ3v) is 3.92. The third-order valence-electron chi connectivity index (χ3n) is 3.92. The molecule has 4 heteroatoms. The molecular weight excluding hydrogens is 212 g/mol. The van der Waals surface area contributed by atoms with E-state index in [0.717, 1.165) is 18.2 Å². The number of aryl methyl sites for hydroxylation is 2. The van der Waals surface area contributed by atoms with Crippen molar-refractivity contribution in [2.45, 2.75) is 39.3 Å². The van der Waals surface area contributed by atoms with Crippen LogP contribution in [0.4, 0.5) is 5.82 Å². The van der Waals surface area contributed by atoms with E-state index in [1.54, 1.807) is 0 Å². The molecule has 0 radical (unpaired) electrons. The smallest absolute Gasteiger partial charge is 0.131 e. The van der Waals surface area contributed by atoms with Gasteiger partial charge in [-0.15, -0.1) is 0 Å². The lowest BCUT2D eigenvalue weighted by atomic mass is 10.1. The van der Waals surface area contributed by atoms with Gasteiger partial charge < -0.3 is 10.2 Å². The lowest BCUT2D eigenvalue weighted by Crippen LogP contribution is -2.33. The van der Waals surface area contributed by atoms with E-state index in [4.69, 9.17) is 0 Å². The summed E-state index contributed by atoms with van der Waals surface area (Å²) in [5.74, 6) is 2.13. The van der Waals surface area contributed by atoms with Crippen LogP contribution in [0.1, 0.15) is 31.0 Å². The fraction of sp³-hybridized carbons (Fsp3) is 0.769. The summed E-state index contributed by atoms with van der Waals surface area (Å²) in [6.45, 7) is 5.30. The first-order chi connectivity index (χ1) is 8.06. The zero-order chi connectivity index (χ0) is 12.6. The average molecular weight is 236 g/mol. The number of rotatable bonds is 5. The Labute approximate surface area is 104 Å². The molecule has 1 aliphatic rings. The van der Waals surface area contributed by atoms with Gasteiger partial charge in [-0.05, 0) is 39.7 Å². The maximum atomic E-state index is 4.55. The minimum absolute atomic E-state index is 0.611. The van der Waals surface area contributed by atoms with Crippen molar-refractivity contribution in [3.8, 4) is 0 Å². The van der Waals surface area contributed by atoms with Crippen molar-refractivity contribution in [1.82, 2.24) is 15.1 Å². The lowest BCUT2D eigenvalue weighted by molar-refractivity contribution is 0.584. The van der Waals surface area contributed by atoms with E-state index in [0.29, 0.717) is 6.04 Å². The van der Waals surface area contributed by atoms with E-state index in [-0.39, 0.29) is 0 Å². The number of anilines is 1. The van der Waals surface area contributed by atoms with Gasteiger partial charge in [-0.3, -0.25) is 4.68 Å². The van der Waals surface area contributed by atoms with Crippen LogP contribution >= 0.6 is 0 Å². The SMILES string of the molecule is CNCc1c(C)nn(C)c1N(C)C(C)C1CC1. The molecule has 4 nitrogen and oxygen atoms in total. The van der Waals surface area contributed by atoms with Gasteiger partial charge in [-0.2, -0.15) is 5.10 Å². The Morgan fingerprint density at radius 2 is 2.18 bits per heavy atom. The van der Waals surface area contributed by atoms with E-state index in [1.165, 1.54) is 24.2 Å². The van der Waals surface area contributed by atoms with Crippen LogP contribution in [0.2, 0.25) is 0 Å². The van der Waals surface area contributed by atoms with Crippen LogP contribution in [-0.2, 0) is 13.6 Å². The standard InChI is InChI=1S/C13H24N4/c1-9-12(8-14-3)13(17(5)15-9)16(4)10(2)11-6-7-11/h10-11,14H,6-8H2,1-5H3. The molecule has 1 N–H and O–H groups in total. The monoisotopic (exact) mass is 236 g/mol. The number of nitrogens with one attached hydrogen (secondary N) is 1. The summed E-state index contributed by atoms with van der Waals surface area (Å²) in [6, 6.07) is 0.611. The van der Waals surface area contributed by atoms with E-state index in [1.807, 2.05) is 18.8 Å². The van der Waals surface area contributed by atoms with Gasteiger partial charge in [0.1, 0.15) is 5.82 Å². The largest absolute Gasteiger partial charge is 0.357 e. The molecule has 0 amide bonds. The maximum Gasteiger partial charge on any atom is 0.131 e. The summed E-state index contributed by atoms with van der Waals surface area (Å²) < 4.78 is 2.01. The van der Waals surface area contributed by atoms with Crippen LogP contribution < -0.4 is 10.2 Å². The molecule has 0 aliphatic heterocycles. The van der Waals surface area contributed by atoms with Crippen molar-refractivity contribution >= 4 is 5.82 Å². The summed E-state index contributed by atoms with van der Waals surface area (Å²) in [7, 11) is 6.22. The minimum Gasteiger partial charge on any atom is -0.357 e. The highest BCUT2D eigenvalue weighted by Gasteiger charge is 2.32. The maximum absolute atomic E-state index is 4.55. The first-order valence-electron chi connectivity index (χ1n) is 6.46. The molecule has 17 heavy (non-hydrogen) atoms. The van der Waals surface area contributed by atoms with Crippen molar-refractivity contribution in [2.24, 2.45) is 13.0 Å². The van der Waals surface area contributed by atoms with E-state index in [9.17, 15) is 0 Å². The number of nitrogens with zero attached hydrogens (tertiary/aromatic N) is 3. The Morgan fingerprint density at radius 1 is 1.53 bits per heavy atom. The molecule has 1 aliphatic carbocycles. The van der Waals surface area contributed by atoms with Gasteiger partial charge in [0.2, 0.25) is 0 Å². The summed E-state index contributed by atoms with van der Waals surface area (Å²) in [5, 5.41) is 7.79. The predicted octanol–water partition coefficient (Wildman–Crippen LogP) is 1.68. The Morgan fingerprint density at radius 3 is 2.71 bits per heavy atom. The third kappa shape index (κ3) is 2.32. The van der Waals surface area contributed by atoms with Gasteiger partial charge in [0.25, 0.3) is 0 Å². The normalized spacial score (nSPS) is 17.2. The molecule has 1 saturated carbocycles. The van der Waals surface area contributed by atoms with Crippen molar-refractivity contribution in [3.05, 3.63) is 11.3 Å². The first-order valence-corrected chi connectivity index (χ1v) is 6.46. The molecule has 1 atom stereocenters. The van der Waals surface area contributed by atoms with Crippen molar-refractivity contribution in [1.29, 1.82) is 0 Å². The Kier molecular flexibility index (Phi) is 3.43. The summed E-state index contributed by atoms with van der Waals surface area (Å²) >= 11 is 0. The van der Waals surface area contributed by atoms with Gasteiger partial charge in [0.15, 0.2) is 0 Å². The second-order valence-electron chi connectivity index (χ2n) is 5.23. The highest BCUT2D eigenvalue weighted by Crippen LogP contribution is 2.37. The molecule has 96 valence electrons. The van der Waals surface area contributed by atoms with Crippen LogP contribution in [0.25, 0.3) is 0 Å². The highest BCUT2D eigenvalue weighted by molar-refractivity contribution is 5.50. The second-order valence-corrected chi connectivity index (χ2v) is 5.23. The zero-order valence-electron chi connectivity index (χ0n) is 11.6. The number of aromatic nitrogens is 2. The van der Waals surface area contributed by atoms with E-state index in [2.05, 4.69) is 36.2 Å². The quantitative estimate of drug-likeness (QED) is 0.844. The molecule has 1 aromatic heterocycles. The summed E-state index contributed by atoms with van der Waals surface area (Å²) in [6.07, 6.45) is 2.76. The van der Waals surface area contributed by atoms with Crippen molar-refractivity contribution in [2.75, 3.05) is 19.0 Å². The molecule has 1 heterocycles. The van der Waals surface area contributed by atoms with E-state index >= 15 is 0 Å². The van der Waals surface area contributed by atoms with Crippen LogP contribution in [0.3, 0.4) is 0 Å². The Bertz CT molecular complexity index is 392. The molecule has 0 saturated heterocycles. The lowest BCUT2D eigenvalue weighted by Gasteiger charge is -2.28. The van der Waals surface area contributed by atoms with Crippen molar-refractivity contribution < 1.29 is 0 Å². The number of hydrogen-bond donors (Lipinski definition) is 1. The second kappa shape index (κ2) is 4.69. The number of hydrogen-bond acceptors (Lipinski definition) is 3. The van der Waals surface area contributed by atoms with Gasteiger partial charge in [0, 0.05) is 32.2 Å². The van der Waals surface area contributed by atoms with Gasteiger partial charge >= 0.3 is 0 Å². The first kappa shape index (κ1) is 12.4. The molecule has 0 bridgehead atoms. The molecule has 1 aromatic rings. The van der Waals surface area contributed by atoms with Gasteiger partial charge in [0.05, 0.1) is 5.69 Å². The Hall–Kier alpha value is -1.03. The molecule has 1 fully saturated rings.